The fourth-order valence-corrected chi connectivity index (χ4v) is 3.37. The molecule has 0 unspecified atom stereocenters. The Morgan fingerprint density at radius 2 is 1.50 bits per heavy atom. The fraction of sp³-hybridized carbons (Fsp3) is 0.160. The molecule has 0 radical (unpaired) electrons. The summed E-state index contributed by atoms with van der Waals surface area (Å²) in [5.41, 5.74) is 4.04. The fourth-order valence-electron chi connectivity index (χ4n) is 3.37. The van der Waals surface area contributed by atoms with E-state index in [0.717, 1.165) is 39.8 Å². The monoisotopic (exact) mass is 473 g/mol. The highest BCUT2D eigenvalue weighted by Crippen LogP contribution is 2.28. The first-order valence-electron chi connectivity index (χ1n) is 10.5. The summed E-state index contributed by atoms with van der Waals surface area (Å²) < 4.78 is 56.0. The zero-order valence-electron chi connectivity index (χ0n) is 18.9. The summed E-state index contributed by atoms with van der Waals surface area (Å²) in [6.45, 7) is 2.15. The molecule has 0 saturated heterocycles. The van der Waals surface area contributed by atoms with E-state index in [-0.39, 0.29) is 0 Å². The van der Waals surface area contributed by atoms with Crippen LogP contribution >= 0.6 is 0 Å². The van der Waals surface area contributed by atoms with Gasteiger partial charge in [0, 0.05) is 11.6 Å². The Morgan fingerprint density at radius 1 is 0.824 bits per heavy atom. The van der Waals surface area contributed by atoms with Crippen LogP contribution in [0.25, 0.3) is 22.3 Å². The number of ether oxygens (including phenoxy) is 2. The first-order valence-corrected chi connectivity index (χ1v) is 10.5. The van der Waals surface area contributed by atoms with Crippen LogP contribution in [0.1, 0.15) is 12.5 Å². The van der Waals surface area contributed by atoms with Crippen molar-refractivity contribution >= 4 is 23.9 Å². The standard InChI is InChI=1S/C25H23NO3.BF4/c1-4-17-10-12-22-20(14-17)21(16-24(29-22)18-8-6-5-7-9-18)26-19-11-13-23(27-2)25(15-19)28-3;2-1(3,4)5/h5-16H,4H2,1-3H3;/q;-1/p+1. The second-order valence-corrected chi connectivity index (χ2v) is 7.26. The molecule has 0 fully saturated rings. The highest BCUT2D eigenvalue weighted by Gasteiger charge is 2.20. The Hall–Kier alpha value is -3.75. The lowest BCUT2D eigenvalue weighted by atomic mass is 10.1. The molecule has 1 aromatic heterocycles. The first-order chi connectivity index (χ1) is 16.2. The van der Waals surface area contributed by atoms with Crippen LogP contribution in [0.2, 0.25) is 0 Å². The SMILES string of the molecule is CCc1ccc2oc(-c3ccccc3)cc(=[NH+]c3ccc(OC)c(OC)c3)c2c1.F[B-](F)(F)F. The summed E-state index contributed by atoms with van der Waals surface area (Å²) in [6, 6.07) is 24.3. The molecule has 0 aliphatic rings. The van der Waals surface area contributed by atoms with E-state index in [9.17, 15) is 17.3 Å². The molecule has 0 bridgehead atoms. The van der Waals surface area contributed by atoms with Crippen molar-refractivity contribution in [2.75, 3.05) is 14.2 Å². The normalized spacial score (nSPS) is 11.7. The zero-order chi connectivity index (χ0) is 24.7. The third-order valence-corrected chi connectivity index (χ3v) is 4.96. The van der Waals surface area contributed by atoms with Crippen LogP contribution in [0.4, 0.5) is 23.0 Å². The van der Waals surface area contributed by atoms with Crippen molar-refractivity contribution in [2.24, 2.45) is 0 Å². The number of hydrogen-bond donors (Lipinski definition) is 1. The minimum atomic E-state index is -6.00. The van der Waals surface area contributed by atoms with Crippen molar-refractivity contribution in [3.8, 4) is 22.8 Å². The quantitative estimate of drug-likeness (QED) is 0.317. The number of methoxy groups -OCH3 is 2. The molecule has 0 spiro atoms. The minimum Gasteiger partial charge on any atom is -0.493 e. The van der Waals surface area contributed by atoms with Crippen LogP contribution in [0, 0.1) is 0 Å². The summed E-state index contributed by atoms with van der Waals surface area (Å²) in [7, 11) is -2.73. The van der Waals surface area contributed by atoms with Gasteiger partial charge < -0.3 is 31.2 Å². The van der Waals surface area contributed by atoms with E-state index in [1.807, 2.05) is 60.7 Å². The van der Waals surface area contributed by atoms with E-state index in [0.29, 0.717) is 11.5 Å². The van der Waals surface area contributed by atoms with Gasteiger partial charge in [-0.1, -0.05) is 43.3 Å². The second kappa shape index (κ2) is 10.9. The molecule has 1 heterocycles. The smallest absolute Gasteiger partial charge is 0.493 e. The number of aryl methyl sites for hydroxylation is 1. The van der Waals surface area contributed by atoms with Gasteiger partial charge in [0.2, 0.25) is 11.0 Å². The van der Waals surface area contributed by atoms with E-state index in [1.165, 1.54) is 5.56 Å². The topological polar surface area (TPSA) is 45.6 Å². The molecule has 0 atom stereocenters. The van der Waals surface area contributed by atoms with E-state index < -0.39 is 7.25 Å². The van der Waals surface area contributed by atoms with Crippen molar-refractivity contribution in [3.63, 3.8) is 0 Å². The van der Waals surface area contributed by atoms with Crippen molar-refractivity contribution in [2.45, 2.75) is 13.3 Å². The molecule has 4 rings (SSSR count). The second-order valence-electron chi connectivity index (χ2n) is 7.26. The molecule has 3 aromatic carbocycles. The Labute approximate surface area is 194 Å². The molecule has 4 nitrogen and oxygen atoms in total. The van der Waals surface area contributed by atoms with Crippen molar-refractivity contribution in [1.29, 1.82) is 0 Å². The average Bonchev–Trinajstić information content (AvgIpc) is 2.83. The van der Waals surface area contributed by atoms with Crippen LogP contribution in [0.15, 0.2) is 77.2 Å². The van der Waals surface area contributed by atoms with Gasteiger partial charge in [-0.3, -0.25) is 0 Å². The first kappa shape index (κ1) is 24.9. The minimum absolute atomic E-state index is 0.681. The number of nitrogens with one attached hydrogen (secondary N) is 1. The Kier molecular flexibility index (Phi) is 7.99. The maximum atomic E-state index is 9.75. The zero-order valence-corrected chi connectivity index (χ0v) is 18.9. The summed E-state index contributed by atoms with van der Waals surface area (Å²) in [5.74, 6) is 2.19. The largest absolute Gasteiger partial charge is 0.673 e. The number of halogens is 4. The third kappa shape index (κ3) is 6.63. The van der Waals surface area contributed by atoms with Crippen LogP contribution in [-0.4, -0.2) is 21.5 Å². The van der Waals surface area contributed by atoms with Gasteiger partial charge in [0.25, 0.3) is 0 Å². The van der Waals surface area contributed by atoms with E-state index in [1.54, 1.807) is 14.2 Å². The predicted molar refractivity (Wildman–Crippen MR) is 125 cm³/mol. The summed E-state index contributed by atoms with van der Waals surface area (Å²) >= 11 is 0. The van der Waals surface area contributed by atoms with Crippen LogP contribution in [-0.2, 0) is 6.42 Å². The molecule has 0 amide bonds. The molecule has 0 saturated carbocycles. The number of fused-ring (bicyclic) bond motifs is 1. The molecule has 0 aliphatic carbocycles. The third-order valence-electron chi connectivity index (χ3n) is 4.96. The summed E-state index contributed by atoms with van der Waals surface area (Å²) in [5, 5.41) is 2.02. The average molecular weight is 473 g/mol. The molecule has 34 heavy (non-hydrogen) atoms. The molecule has 4 aromatic rings. The van der Waals surface area contributed by atoms with Crippen LogP contribution in [0.5, 0.6) is 11.5 Å². The molecular formula is C25H24BF4NO3. The van der Waals surface area contributed by atoms with Crippen LogP contribution < -0.4 is 19.8 Å². The Balaban J connectivity index is 0.000000588. The summed E-state index contributed by atoms with van der Waals surface area (Å²) in [4.78, 5) is 3.54. The van der Waals surface area contributed by atoms with Crippen molar-refractivity contribution in [1.82, 2.24) is 0 Å². The maximum absolute atomic E-state index is 9.75. The van der Waals surface area contributed by atoms with E-state index in [4.69, 9.17) is 13.9 Å². The lowest BCUT2D eigenvalue weighted by molar-refractivity contribution is -0.401. The lowest BCUT2D eigenvalue weighted by Gasteiger charge is -2.06. The molecule has 0 aliphatic heterocycles. The summed E-state index contributed by atoms with van der Waals surface area (Å²) in [6.07, 6.45) is 0.964. The highest BCUT2D eigenvalue weighted by atomic mass is 19.5. The van der Waals surface area contributed by atoms with Gasteiger partial charge in [-0.2, -0.15) is 0 Å². The maximum Gasteiger partial charge on any atom is 0.673 e. The van der Waals surface area contributed by atoms with Gasteiger partial charge >= 0.3 is 7.25 Å². The Morgan fingerprint density at radius 3 is 2.12 bits per heavy atom. The number of hydrogen-bond acceptors (Lipinski definition) is 3. The van der Waals surface area contributed by atoms with Crippen LogP contribution in [0.3, 0.4) is 0 Å². The molecule has 178 valence electrons. The molecular weight excluding hydrogens is 449 g/mol. The van der Waals surface area contributed by atoms with Gasteiger partial charge in [0.15, 0.2) is 11.5 Å². The van der Waals surface area contributed by atoms with Gasteiger partial charge in [-0.05, 0) is 30.2 Å². The Bertz CT molecular complexity index is 1320. The van der Waals surface area contributed by atoms with E-state index in [2.05, 4.69) is 24.0 Å². The van der Waals surface area contributed by atoms with E-state index >= 15 is 0 Å². The van der Waals surface area contributed by atoms with Gasteiger partial charge in [0.1, 0.15) is 11.3 Å². The van der Waals surface area contributed by atoms with Gasteiger partial charge in [-0.15, -0.1) is 0 Å². The molecule has 9 heteroatoms. The number of rotatable bonds is 5. The van der Waals surface area contributed by atoms with Crippen molar-refractivity contribution < 1.29 is 36.1 Å². The van der Waals surface area contributed by atoms with Gasteiger partial charge in [0.05, 0.1) is 31.7 Å². The number of benzene rings is 3. The van der Waals surface area contributed by atoms with Crippen molar-refractivity contribution in [3.05, 3.63) is 83.7 Å². The van der Waals surface area contributed by atoms with Gasteiger partial charge in [-0.25, -0.2) is 4.99 Å². The predicted octanol–water partition coefficient (Wildman–Crippen LogP) is 5.29. The molecule has 1 N–H and O–H groups in total. The lowest BCUT2D eigenvalue weighted by Crippen LogP contribution is -2.70. The highest BCUT2D eigenvalue weighted by molar-refractivity contribution is 6.50.